The SMILES string of the molecule is CCC1(C(=O)O)C=CC(N(C)C)=CC1. The van der Waals surface area contributed by atoms with Crippen LogP contribution in [0.5, 0.6) is 0 Å². The second kappa shape index (κ2) is 3.86. The maximum Gasteiger partial charge on any atom is 0.313 e. The Kier molecular flexibility index (Phi) is 2.99. The molecule has 0 aromatic heterocycles. The molecule has 0 aliphatic heterocycles. The predicted octanol–water partition coefficient (Wildman–Crippen LogP) is 1.87. The second-order valence-electron chi connectivity index (χ2n) is 3.88. The number of nitrogens with zero attached hydrogens (tertiary/aromatic N) is 1. The monoisotopic (exact) mass is 195 g/mol. The van der Waals surface area contributed by atoms with Crippen LogP contribution in [0.2, 0.25) is 0 Å². The number of allylic oxidation sites excluding steroid dienone is 2. The Balaban J connectivity index is 2.85. The molecule has 0 bridgehead atoms. The molecular formula is C11H17NO2. The number of carbonyl (C=O) groups is 1. The molecule has 1 aliphatic carbocycles. The van der Waals surface area contributed by atoms with Crippen molar-refractivity contribution in [2.45, 2.75) is 19.8 Å². The van der Waals surface area contributed by atoms with Crippen LogP contribution >= 0.6 is 0 Å². The van der Waals surface area contributed by atoms with Gasteiger partial charge in [-0.1, -0.05) is 19.1 Å². The zero-order chi connectivity index (χ0) is 10.8. The molecule has 0 amide bonds. The van der Waals surface area contributed by atoms with E-state index in [0.29, 0.717) is 12.8 Å². The lowest BCUT2D eigenvalue weighted by molar-refractivity contribution is -0.146. The zero-order valence-corrected chi connectivity index (χ0v) is 8.95. The maximum atomic E-state index is 11.1. The van der Waals surface area contributed by atoms with E-state index >= 15 is 0 Å². The molecule has 0 radical (unpaired) electrons. The highest BCUT2D eigenvalue weighted by molar-refractivity contribution is 5.78. The Morgan fingerprint density at radius 2 is 2.29 bits per heavy atom. The third-order valence-electron chi connectivity index (χ3n) is 2.82. The molecule has 1 unspecified atom stereocenters. The van der Waals surface area contributed by atoms with E-state index in [2.05, 4.69) is 0 Å². The largest absolute Gasteiger partial charge is 0.481 e. The normalized spacial score (nSPS) is 25.8. The van der Waals surface area contributed by atoms with E-state index in [-0.39, 0.29) is 0 Å². The maximum absolute atomic E-state index is 11.1. The molecule has 0 aromatic carbocycles. The van der Waals surface area contributed by atoms with Crippen molar-refractivity contribution in [1.29, 1.82) is 0 Å². The lowest BCUT2D eigenvalue weighted by atomic mass is 9.79. The Morgan fingerprint density at radius 3 is 2.57 bits per heavy atom. The number of carboxylic acid groups (broad SMARTS) is 1. The first kappa shape index (κ1) is 10.8. The molecule has 1 atom stereocenters. The molecule has 3 nitrogen and oxygen atoms in total. The van der Waals surface area contributed by atoms with Gasteiger partial charge in [-0.25, -0.2) is 0 Å². The van der Waals surface area contributed by atoms with Crippen molar-refractivity contribution >= 4 is 5.97 Å². The quantitative estimate of drug-likeness (QED) is 0.747. The standard InChI is InChI=1S/C11H17NO2/c1-4-11(10(13)14)7-5-9(6-8-11)12(2)3/h5-7H,4,8H2,1-3H3,(H,13,14). The number of rotatable bonds is 3. The first-order chi connectivity index (χ1) is 6.52. The van der Waals surface area contributed by atoms with Crippen molar-refractivity contribution < 1.29 is 9.90 Å². The Labute approximate surface area is 84.7 Å². The van der Waals surface area contributed by atoms with Gasteiger partial charge in [0.1, 0.15) is 0 Å². The van der Waals surface area contributed by atoms with E-state index in [1.807, 2.05) is 44.1 Å². The van der Waals surface area contributed by atoms with E-state index in [9.17, 15) is 4.79 Å². The lowest BCUT2D eigenvalue weighted by Gasteiger charge is -2.28. The van der Waals surface area contributed by atoms with E-state index in [4.69, 9.17) is 5.11 Å². The van der Waals surface area contributed by atoms with Crippen LogP contribution in [0, 0.1) is 5.41 Å². The summed E-state index contributed by atoms with van der Waals surface area (Å²) in [5.74, 6) is -0.731. The van der Waals surface area contributed by atoms with Crippen molar-refractivity contribution in [2.75, 3.05) is 14.1 Å². The summed E-state index contributed by atoms with van der Waals surface area (Å²) < 4.78 is 0. The number of hydrogen-bond acceptors (Lipinski definition) is 2. The molecule has 1 N–H and O–H groups in total. The first-order valence-electron chi connectivity index (χ1n) is 4.82. The summed E-state index contributed by atoms with van der Waals surface area (Å²) in [6.07, 6.45) is 6.91. The summed E-state index contributed by atoms with van der Waals surface area (Å²) in [6.45, 7) is 1.91. The van der Waals surface area contributed by atoms with Gasteiger partial charge in [-0.3, -0.25) is 4.79 Å². The van der Waals surface area contributed by atoms with Gasteiger partial charge < -0.3 is 10.0 Å². The van der Waals surface area contributed by atoms with Gasteiger partial charge in [0.15, 0.2) is 0 Å². The summed E-state index contributed by atoms with van der Waals surface area (Å²) in [6, 6.07) is 0. The van der Waals surface area contributed by atoms with Crippen LogP contribution in [0.3, 0.4) is 0 Å². The van der Waals surface area contributed by atoms with Crippen molar-refractivity contribution in [3.63, 3.8) is 0 Å². The number of aliphatic carboxylic acids is 1. The fourth-order valence-corrected chi connectivity index (χ4v) is 1.57. The molecule has 1 aliphatic rings. The molecule has 14 heavy (non-hydrogen) atoms. The summed E-state index contributed by atoms with van der Waals surface area (Å²) in [5.41, 5.74) is 0.398. The van der Waals surface area contributed by atoms with Gasteiger partial charge in [-0.15, -0.1) is 0 Å². The van der Waals surface area contributed by atoms with Crippen LogP contribution in [0.4, 0.5) is 0 Å². The fourth-order valence-electron chi connectivity index (χ4n) is 1.57. The van der Waals surface area contributed by atoms with Crippen molar-refractivity contribution in [3.8, 4) is 0 Å². The third kappa shape index (κ3) is 1.81. The van der Waals surface area contributed by atoms with Crippen LogP contribution in [0.1, 0.15) is 19.8 Å². The highest BCUT2D eigenvalue weighted by atomic mass is 16.4. The highest BCUT2D eigenvalue weighted by Gasteiger charge is 2.34. The van der Waals surface area contributed by atoms with Crippen LogP contribution in [0.25, 0.3) is 0 Å². The fraction of sp³-hybridized carbons (Fsp3) is 0.545. The average molecular weight is 195 g/mol. The summed E-state index contributed by atoms with van der Waals surface area (Å²) in [5, 5.41) is 9.12. The molecule has 0 spiro atoms. The molecular weight excluding hydrogens is 178 g/mol. The van der Waals surface area contributed by atoms with Crippen LogP contribution < -0.4 is 0 Å². The molecule has 0 saturated carbocycles. The van der Waals surface area contributed by atoms with E-state index in [1.54, 1.807) is 0 Å². The topological polar surface area (TPSA) is 40.5 Å². The lowest BCUT2D eigenvalue weighted by Crippen LogP contribution is -2.30. The van der Waals surface area contributed by atoms with Crippen molar-refractivity contribution in [2.24, 2.45) is 5.41 Å². The first-order valence-corrected chi connectivity index (χ1v) is 4.82. The average Bonchev–Trinajstić information content (AvgIpc) is 2.17. The van der Waals surface area contributed by atoms with Gasteiger partial charge >= 0.3 is 5.97 Å². The highest BCUT2D eigenvalue weighted by Crippen LogP contribution is 2.33. The Hall–Kier alpha value is -1.25. The zero-order valence-electron chi connectivity index (χ0n) is 8.95. The van der Waals surface area contributed by atoms with Crippen LogP contribution in [-0.4, -0.2) is 30.1 Å². The second-order valence-corrected chi connectivity index (χ2v) is 3.88. The van der Waals surface area contributed by atoms with E-state index in [0.717, 1.165) is 5.70 Å². The van der Waals surface area contributed by atoms with Crippen LogP contribution in [0.15, 0.2) is 23.9 Å². The molecule has 0 heterocycles. The van der Waals surface area contributed by atoms with Gasteiger partial charge in [-0.05, 0) is 18.9 Å². The van der Waals surface area contributed by atoms with Crippen LogP contribution in [-0.2, 0) is 4.79 Å². The molecule has 0 aromatic rings. The Morgan fingerprint density at radius 1 is 1.64 bits per heavy atom. The van der Waals surface area contributed by atoms with Gasteiger partial charge in [0.2, 0.25) is 0 Å². The molecule has 0 saturated heterocycles. The smallest absolute Gasteiger partial charge is 0.313 e. The van der Waals surface area contributed by atoms with E-state index < -0.39 is 11.4 Å². The predicted molar refractivity (Wildman–Crippen MR) is 55.9 cm³/mol. The minimum atomic E-state index is -0.731. The number of likely N-dealkylation sites (N-methyl/N-ethyl adjacent to an activating group) is 1. The van der Waals surface area contributed by atoms with Gasteiger partial charge in [0, 0.05) is 19.8 Å². The Bertz CT molecular complexity index is 292. The minimum Gasteiger partial charge on any atom is -0.481 e. The molecule has 78 valence electrons. The number of hydrogen-bond donors (Lipinski definition) is 1. The number of carboxylic acids is 1. The van der Waals surface area contributed by atoms with Crippen molar-refractivity contribution in [3.05, 3.63) is 23.9 Å². The van der Waals surface area contributed by atoms with Gasteiger partial charge in [0.25, 0.3) is 0 Å². The molecule has 0 fully saturated rings. The van der Waals surface area contributed by atoms with Gasteiger partial charge in [-0.2, -0.15) is 0 Å². The minimum absolute atomic E-state index is 0.586. The summed E-state index contributed by atoms with van der Waals surface area (Å²) >= 11 is 0. The van der Waals surface area contributed by atoms with Gasteiger partial charge in [0.05, 0.1) is 5.41 Å². The molecule has 1 rings (SSSR count). The molecule has 3 heteroatoms. The third-order valence-corrected chi connectivity index (χ3v) is 2.82. The summed E-state index contributed by atoms with van der Waals surface area (Å²) in [4.78, 5) is 13.1. The summed E-state index contributed by atoms with van der Waals surface area (Å²) in [7, 11) is 3.91. The van der Waals surface area contributed by atoms with E-state index in [1.165, 1.54) is 0 Å². The van der Waals surface area contributed by atoms with Crippen molar-refractivity contribution in [1.82, 2.24) is 4.90 Å².